The van der Waals surface area contributed by atoms with Gasteiger partial charge in [0.05, 0.1) is 12.1 Å². The van der Waals surface area contributed by atoms with Crippen molar-refractivity contribution in [3.63, 3.8) is 0 Å². The highest BCUT2D eigenvalue weighted by Crippen LogP contribution is 2.14. The molecule has 3 rings (SSSR count). The minimum atomic E-state index is -0.361. The van der Waals surface area contributed by atoms with Gasteiger partial charge in [-0.05, 0) is 36.4 Å². The lowest BCUT2D eigenvalue weighted by molar-refractivity contribution is -0.115. The molecular weight excluding hydrogens is 273 g/mol. The zero-order chi connectivity index (χ0) is 14.8. The molecule has 1 aromatic carbocycles. The molecule has 0 saturated carbocycles. The number of fused-ring (bicyclic) bond motifs is 1. The summed E-state index contributed by atoms with van der Waals surface area (Å²) < 4.78 is 14.6. The van der Waals surface area contributed by atoms with E-state index in [2.05, 4.69) is 10.3 Å². The van der Waals surface area contributed by atoms with E-state index in [-0.39, 0.29) is 23.9 Å². The van der Waals surface area contributed by atoms with E-state index in [1.165, 1.54) is 24.4 Å². The number of nitrogens with one attached hydrogen (secondary N) is 1. The van der Waals surface area contributed by atoms with Gasteiger partial charge in [-0.2, -0.15) is 0 Å². The van der Waals surface area contributed by atoms with Crippen LogP contribution in [0.2, 0.25) is 0 Å². The molecule has 106 valence electrons. The van der Waals surface area contributed by atoms with E-state index < -0.39 is 0 Å². The highest BCUT2D eigenvalue weighted by atomic mass is 19.1. The first kappa shape index (κ1) is 13.1. The molecule has 0 spiro atoms. The lowest BCUT2D eigenvalue weighted by Crippen LogP contribution is -2.14. The van der Waals surface area contributed by atoms with Gasteiger partial charge in [0.2, 0.25) is 5.91 Å². The molecule has 0 saturated heterocycles. The Morgan fingerprint density at radius 2 is 1.95 bits per heavy atom. The summed E-state index contributed by atoms with van der Waals surface area (Å²) in [4.78, 5) is 16.2. The number of amides is 1. The van der Waals surface area contributed by atoms with Gasteiger partial charge in [-0.15, -0.1) is 0 Å². The largest absolute Gasteiger partial charge is 0.508 e. The number of phenols is 1. The van der Waals surface area contributed by atoms with Gasteiger partial charge in [0.1, 0.15) is 17.2 Å². The third-order valence-electron chi connectivity index (χ3n) is 2.96. The standard InChI is InChI=1S/C15H12FN3O2/c16-10-1-6-14-17-12(9-19(14)8-10)7-15(21)18-11-2-4-13(20)5-3-11/h1-6,8-9,20H,7H2,(H,18,21). The SMILES string of the molecule is O=C(Cc1cn2cc(F)ccc2n1)Nc1ccc(O)cc1. The van der Waals surface area contributed by atoms with Crippen molar-refractivity contribution >= 4 is 17.2 Å². The normalized spacial score (nSPS) is 10.7. The molecule has 0 atom stereocenters. The first-order valence-corrected chi connectivity index (χ1v) is 6.32. The molecule has 0 fully saturated rings. The Labute approximate surface area is 119 Å². The highest BCUT2D eigenvalue weighted by molar-refractivity contribution is 5.92. The smallest absolute Gasteiger partial charge is 0.230 e. The van der Waals surface area contributed by atoms with Crippen molar-refractivity contribution < 1.29 is 14.3 Å². The fourth-order valence-electron chi connectivity index (χ4n) is 2.02. The predicted molar refractivity (Wildman–Crippen MR) is 75.6 cm³/mol. The summed E-state index contributed by atoms with van der Waals surface area (Å²) in [6.45, 7) is 0. The van der Waals surface area contributed by atoms with E-state index in [0.717, 1.165) is 0 Å². The van der Waals surface area contributed by atoms with Crippen LogP contribution in [0.1, 0.15) is 5.69 Å². The Hall–Kier alpha value is -2.89. The van der Waals surface area contributed by atoms with Crippen LogP contribution in [0, 0.1) is 5.82 Å². The van der Waals surface area contributed by atoms with Gasteiger partial charge < -0.3 is 14.8 Å². The predicted octanol–water partition coefficient (Wildman–Crippen LogP) is 2.36. The number of phenolic OH excluding ortho intramolecular Hbond substituents is 1. The molecule has 0 radical (unpaired) electrons. The van der Waals surface area contributed by atoms with Crippen LogP contribution in [0.15, 0.2) is 48.8 Å². The molecule has 21 heavy (non-hydrogen) atoms. The maximum atomic E-state index is 13.1. The maximum Gasteiger partial charge on any atom is 0.230 e. The summed E-state index contributed by atoms with van der Waals surface area (Å²) in [5.74, 6) is -0.458. The van der Waals surface area contributed by atoms with Crippen LogP contribution in [-0.2, 0) is 11.2 Å². The number of hydrogen-bond acceptors (Lipinski definition) is 3. The molecule has 2 N–H and O–H groups in total. The third-order valence-corrected chi connectivity index (χ3v) is 2.96. The summed E-state index contributed by atoms with van der Waals surface area (Å²) in [7, 11) is 0. The second-order valence-electron chi connectivity index (χ2n) is 4.62. The van der Waals surface area contributed by atoms with Gasteiger partial charge >= 0.3 is 0 Å². The van der Waals surface area contributed by atoms with Crippen LogP contribution in [0.3, 0.4) is 0 Å². The van der Waals surface area contributed by atoms with Gasteiger partial charge in [0.25, 0.3) is 0 Å². The number of nitrogens with zero attached hydrogens (tertiary/aromatic N) is 2. The molecule has 5 nitrogen and oxygen atoms in total. The van der Waals surface area contributed by atoms with Crippen molar-refractivity contribution in [1.82, 2.24) is 9.38 Å². The molecule has 0 bridgehead atoms. The summed E-state index contributed by atoms with van der Waals surface area (Å²) in [5.41, 5.74) is 1.73. The summed E-state index contributed by atoms with van der Waals surface area (Å²) in [5, 5.41) is 11.9. The van der Waals surface area contributed by atoms with E-state index in [9.17, 15) is 14.3 Å². The average molecular weight is 285 g/mol. The Morgan fingerprint density at radius 3 is 2.71 bits per heavy atom. The first-order valence-electron chi connectivity index (χ1n) is 6.32. The van der Waals surface area contributed by atoms with Crippen molar-refractivity contribution in [3.8, 4) is 5.75 Å². The van der Waals surface area contributed by atoms with Crippen molar-refractivity contribution in [3.05, 3.63) is 60.3 Å². The van der Waals surface area contributed by atoms with Crippen molar-refractivity contribution in [2.45, 2.75) is 6.42 Å². The molecular formula is C15H12FN3O2. The van der Waals surface area contributed by atoms with E-state index in [1.54, 1.807) is 28.8 Å². The van der Waals surface area contributed by atoms with E-state index in [4.69, 9.17) is 0 Å². The van der Waals surface area contributed by atoms with Crippen LogP contribution in [-0.4, -0.2) is 20.4 Å². The van der Waals surface area contributed by atoms with Gasteiger partial charge in [0.15, 0.2) is 0 Å². The van der Waals surface area contributed by atoms with Crippen molar-refractivity contribution in [2.24, 2.45) is 0 Å². The molecule has 0 unspecified atom stereocenters. The molecule has 0 aliphatic carbocycles. The number of carbonyl (C=O) groups is 1. The topological polar surface area (TPSA) is 66.6 Å². The number of hydrogen-bond donors (Lipinski definition) is 2. The highest BCUT2D eigenvalue weighted by Gasteiger charge is 2.08. The zero-order valence-corrected chi connectivity index (χ0v) is 11.0. The van der Waals surface area contributed by atoms with Crippen LogP contribution < -0.4 is 5.32 Å². The summed E-state index contributed by atoms with van der Waals surface area (Å²) in [6.07, 6.45) is 3.02. The van der Waals surface area contributed by atoms with Gasteiger partial charge in [-0.3, -0.25) is 4.79 Å². The lowest BCUT2D eigenvalue weighted by Gasteiger charge is -2.03. The second kappa shape index (κ2) is 5.24. The quantitative estimate of drug-likeness (QED) is 0.726. The molecule has 1 amide bonds. The van der Waals surface area contributed by atoms with Gasteiger partial charge in [-0.1, -0.05) is 0 Å². The number of rotatable bonds is 3. The maximum absolute atomic E-state index is 13.1. The van der Waals surface area contributed by atoms with E-state index in [0.29, 0.717) is 17.0 Å². The minimum absolute atomic E-state index is 0.0875. The minimum Gasteiger partial charge on any atom is -0.508 e. The van der Waals surface area contributed by atoms with Crippen molar-refractivity contribution in [2.75, 3.05) is 5.32 Å². The molecule has 2 aromatic heterocycles. The molecule has 3 aromatic rings. The molecule has 6 heteroatoms. The van der Waals surface area contributed by atoms with E-state index >= 15 is 0 Å². The first-order chi connectivity index (χ1) is 10.1. The molecule has 0 aliphatic rings. The van der Waals surface area contributed by atoms with Crippen molar-refractivity contribution in [1.29, 1.82) is 0 Å². The number of benzene rings is 1. The number of imidazole rings is 1. The number of carbonyl (C=O) groups excluding carboxylic acids is 1. The Bertz CT molecular complexity index is 796. The summed E-state index contributed by atoms with van der Waals surface area (Å²) >= 11 is 0. The number of aromatic nitrogens is 2. The zero-order valence-electron chi connectivity index (χ0n) is 11.0. The van der Waals surface area contributed by atoms with E-state index in [1.807, 2.05) is 0 Å². The van der Waals surface area contributed by atoms with Crippen LogP contribution in [0.4, 0.5) is 10.1 Å². The fourth-order valence-corrected chi connectivity index (χ4v) is 2.02. The Balaban J connectivity index is 1.72. The number of pyridine rings is 1. The molecule has 2 heterocycles. The Kier molecular flexibility index (Phi) is 3.27. The average Bonchev–Trinajstić information content (AvgIpc) is 2.82. The van der Waals surface area contributed by atoms with Gasteiger partial charge in [0, 0.05) is 18.1 Å². The van der Waals surface area contributed by atoms with Crippen LogP contribution in [0.25, 0.3) is 5.65 Å². The third kappa shape index (κ3) is 3.00. The number of anilines is 1. The van der Waals surface area contributed by atoms with Gasteiger partial charge in [-0.25, -0.2) is 9.37 Å². The number of halogens is 1. The number of aromatic hydroxyl groups is 1. The molecule has 0 aliphatic heterocycles. The summed E-state index contributed by atoms with van der Waals surface area (Å²) in [6, 6.07) is 9.06. The monoisotopic (exact) mass is 285 g/mol. The second-order valence-corrected chi connectivity index (χ2v) is 4.62. The Morgan fingerprint density at radius 1 is 1.19 bits per heavy atom. The van der Waals surface area contributed by atoms with Crippen LogP contribution in [0.5, 0.6) is 5.75 Å². The fraction of sp³-hybridized carbons (Fsp3) is 0.0667. The van der Waals surface area contributed by atoms with Crippen LogP contribution >= 0.6 is 0 Å². The lowest BCUT2D eigenvalue weighted by atomic mass is 10.2.